The zero-order valence-electron chi connectivity index (χ0n) is 22.8. The molecule has 3 aromatic carbocycles. The fourth-order valence-corrected chi connectivity index (χ4v) is 5.84. The molecule has 0 atom stereocenters. The van der Waals surface area contributed by atoms with Crippen molar-refractivity contribution >= 4 is 49.4 Å². The number of hydrogen-bond donors (Lipinski definition) is 1. The maximum absolute atomic E-state index is 13.8. The zero-order chi connectivity index (χ0) is 30.9. The van der Waals surface area contributed by atoms with Gasteiger partial charge in [-0.05, 0) is 51.8 Å². The van der Waals surface area contributed by atoms with Gasteiger partial charge in [0.1, 0.15) is 24.7 Å². The summed E-state index contributed by atoms with van der Waals surface area (Å²) in [5.74, 6) is 0.400. The van der Waals surface area contributed by atoms with E-state index in [1.807, 2.05) is 0 Å². The molecule has 0 spiro atoms. The first kappa shape index (κ1) is 31.9. The second-order valence-corrected chi connectivity index (χ2v) is 10.9. The van der Waals surface area contributed by atoms with Gasteiger partial charge in [0.05, 0.1) is 42.6 Å². The number of methoxy groups -OCH3 is 3. The number of hydrazone groups is 1. The Morgan fingerprint density at radius 1 is 1.10 bits per heavy atom. The van der Waals surface area contributed by atoms with E-state index in [1.54, 1.807) is 18.2 Å². The van der Waals surface area contributed by atoms with Gasteiger partial charge in [-0.15, -0.1) is 0 Å². The van der Waals surface area contributed by atoms with Gasteiger partial charge in [-0.25, -0.2) is 13.8 Å². The lowest BCUT2D eigenvalue weighted by Gasteiger charge is -2.25. The van der Waals surface area contributed by atoms with Crippen LogP contribution in [-0.4, -0.2) is 59.9 Å². The summed E-state index contributed by atoms with van der Waals surface area (Å²) in [5.41, 5.74) is 2.09. The maximum atomic E-state index is 13.8. The summed E-state index contributed by atoms with van der Waals surface area (Å²) < 4.78 is 50.3. The van der Waals surface area contributed by atoms with Crippen molar-refractivity contribution in [1.82, 2.24) is 5.43 Å². The molecule has 42 heavy (non-hydrogen) atoms. The van der Waals surface area contributed by atoms with E-state index in [4.69, 9.17) is 18.9 Å². The van der Waals surface area contributed by atoms with Gasteiger partial charge in [0.15, 0.2) is 16.4 Å². The lowest BCUT2D eigenvalue weighted by atomic mass is 10.2. The number of amides is 1. The van der Waals surface area contributed by atoms with Crippen LogP contribution in [0, 0.1) is 10.1 Å². The van der Waals surface area contributed by atoms with Crippen LogP contribution in [0.2, 0.25) is 0 Å². The molecule has 3 rings (SSSR count). The molecule has 0 radical (unpaired) electrons. The Hall–Kier alpha value is -4.63. The number of nitrogens with one attached hydrogen (secondary N) is 1. The van der Waals surface area contributed by atoms with Gasteiger partial charge in [-0.3, -0.25) is 19.2 Å². The maximum Gasteiger partial charge on any atom is 0.289 e. The van der Waals surface area contributed by atoms with Gasteiger partial charge in [0.2, 0.25) is 0 Å². The number of hydrogen-bond acceptors (Lipinski definition) is 10. The van der Waals surface area contributed by atoms with Crippen molar-refractivity contribution in [2.45, 2.75) is 4.90 Å². The first-order valence-corrected chi connectivity index (χ1v) is 14.2. The number of rotatable bonds is 14. The van der Waals surface area contributed by atoms with Crippen molar-refractivity contribution in [3.63, 3.8) is 0 Å². The fraction of sp³-hybridized carbons (Fsp3) is 0.185. The molecular formula is C27H27BrN4O9S. The Balaban J connectivity index is 1.96. The Kier molecular flexibility index (Phi) is 10.9. The standard InChI is InChI=1S/C27H27BrN4O9S/c1-5-12-41-27-20(28)13-18(14-24(27)40-4)16-29-30-26(33)17-31(21-11-10-19(38-2)15-23(21)39-3)42(36,37)25-9-7-6-8-22(25)32(34)35/h5-11,13-16H,1,12,17H2,2-4H3,(H,30,33)/b29-16-. The molecule has 13 nitrogen and oxygen atoms in total. The molecule has 1 N–H and O–H groups in total. The van der Waals surface area contributed by atoms with Gasteiger partial charge in [0, 0.05) is 12.1 Å². The van der Waals surface area contributed by atoms with Crippen LogP contribution < -0.4 is 28.7 Å². The molecule has 0 aliphatic rings. The number of anilines is 1. The largest absolute Gasteiger partial charge is 0.497 e. The van der Waals surface area contributed by atoms with E-state index >= 15 is 0 Å². The van der Waals surface area contributed by atoms with Crippen LogP contribution in [0.15, 0.2) is 81.7 Å². The van der Waals surface area contributed by atoms with E-state index in [-0.39, 0.29) is 18.0 Å². The van der Waals surface area contributed by atoms with Gasteiger partial charge >= 0.3 is 0 Å². The third-order valence-electron chi connectivity index (χ3n) is 5.57. The van der Waals surface area contributed by atoms with Crippen molar-refractivity contribution in [2.75, 3.05) is 38.8 Å². The number of para-hydroxylation sites is 1. The predicted octanol–water partition coefficient (Wildman–Crippen LogP) is 4.29. The third-order valence-corrected chi connectivity index (χ3v) is 7.97. The quantitative estimate of drug-likeness (QED) is 0.115. The molecule has 0 saturated carbocycles. The van der Waals surface area contributed by atoms with Gasteiger partial charge in [0.25, 0.3) is 21.6 Å². The van der Waals surface area contributed by atoms with Crippen LogP contribution in [0.1, 0.15) is 5.56 Å². The number of sulfonamides is 1. The van der Waals surface area contributed by atoms with Crippen molar-refractivity contribution in [3.05, 3.63) is 87.4 Å². The number of ether oxygens (including phenoxy) is 4. The number of halogens is 1. The van der Waals surface area contributed by atoms with E-state index in [0.717, 1.165) is 12.1 Å². The highest BCUT2D eigenvalue weighted by Crippen LogP contribution is 2.38. The molecule has 0 aromatic heterocycles. The van der Waals surface area contributed by atoms with E-state index < -0.39 is 38.0 Å². The van der Waals surface area contributed by atoms with Crippen LogP contribution in [0.5, 0.6) is 23.0 Å². The van der Waals surface area contributed by atoms with E-state index in [2.05, 4.69) is 33.0 Å². The van der Waals surface area contributed by atoms with Crippen LogP contribution in [0.4, 0.5) is 11.4 Å². The highest BCUT2D eigenvalue weighted by molar-refractivity contribution is 9.10. The number of benzene rings is 3. The minimum absolute atomic E-state index is 0.0449. The smallest absolute Gasteiger partial charge is 0.289 e. The van der Waals surface area contributed by atoms with Gasteiger partial charge in [-0.2, -0.15) is 5.10 Å². The summed E-state index contributed by atoms with van der Waals surface area (Å²) in [6.45, 7) is 3.07. The number of nitrogens with zero attached hydrogens (tertiary/aromatic N) is 3. The van der Waals surface area contributed by atoms with Crippen LogP contribution in [0.3, 0.4) is 0 Å². The third kappa shape index (κ3) is 7.36. The van der Waals surface area contributed by atoms with E-state index in [1.165, 1.54) is 57.9 Å². The Labute approximate surface area is 250 Å². The van der Waals surface area contributed by atoms with Gasteiger partial charge in [-0.1, -0.05) is 24.8 Å². The lowest BCUT2D eigenvalue weighted by molar-refractivity contribution is -0.387. The minimum atomic E-state index is -4.67. The summed E-state index contributed by atoms with van der Waals surface area (Å²) in [5, 5.41) is 15.6. The average molecular weight is 664 g/mol. The molecule has 0 saturated heterocycles. The predicted molar refractivity (Wildman–Crippen MR) is 159 cm³/mol. The molecular weight excluding hydrogens is 636 g/mol. The lowest BCUT2D eigenvalue weighted by Crippen LogP contribution is -2.40. The second-order valence-electron chi connectivity index (χ2n) is 8.20. The Bertz CT molecular complexity index is 1610. The summed E-state index contributed by atoms with van der Waals surface area (Å²) >= 11 is 3.40. The van der Waals surface area contributed by atoms with Crippen molar-refractivity contribution in [3.8, 4) is 23.0 Å². The molecule has 0 fully saturated rings. The first-order chi connectivity index (χ1) is 20.1. The van der Waals surface area contributed by atoms with Crippen LogP contribution in [0.25, 0.3) is 0 Å². The zero-order valence-corrected chi connectivity index (χ0v) is 25.2. The molecule has 0 unspecified atom stereocenters. The molecule has 3 aromatic rings. The monoisotopic (exact) mass is 662 g/mol. The number of nitro benzene ring substituents is 1. The SMILES string of the molecule is C=CCOc1c(Br)cc(/C=N\NC(=O)CN(c2ccc(OC)cc2OC)S(=O)(=O)c2ccccc2[N+](=O)[O-])cc1OC. The van der Waals surface area contributed by atoms with Crippen molar-refractivity contribution in [1.29, 1.82) is 0 Å². The average Bonchev–Trinajstić information content (AvgIpc) is 2.98. The van der Waals surface area contributed by atoms with Crippen molar-refractivity contribution < 1.29 is 37.1 Å². The molecule has 222 valence electrons. The second kappa shape index (κ2) is 14.3. The topological polar surface area (TPSA) is 159 Å². The first-order valence-electron chi connectivity index (χ1n) is 12.0. The number of carbonyl (C=O) groups excluding carboxylic acids is 1. The molecule has 15 heteroatoms. The van der Waals surface area contributed by atoms with Crippen molar-refractivity contribution in [2.24, 2.45) is 5.10 Å². The highest BCUT2D eigenvalue weighted by Gasteiger charge is 2.34. The van der Waals surface area contributed by atoms with Gasteiger partial charge < -0.3 is 18.9 Å². The molecule has 0 aliphatic heterocycles. The summed E-state index contributed by atoms with van der Waals surface area (Å²) in [6.07, 6.45) is 2.90. The van der Waals surface area contributed by atoms with Crippen LogP contribution >= 0.6 is 15.9 Å². The number of nitro groups is 1. The van der Waals surface area contributed by atoms with Crippen LogP contribution in [-0.2, 0) is 14.8 Å². The summed E-state index contributed by atoms with van der Waals surface area (Å²) in [4.78, 5) is 23.2. The van der Waals surface area contributed by atoms with E-state index in [0.29, 0.717) is 31.6 Å². The Morgan fingerprint density at radius 2 is 1.81 bits per heavy atom. The molecule has 0 heterocycles. The normalized spacial score (nSPS) is 11.0. The minimum Gasteiger partial charge on any atom is -0.497 e. The Morgan fingerprint density at radius 3 is 2.45 bits per heavy atom. The molecule has 0 aliphatic carbocycles. The summed E-state index contributed by atoms with van der Waals surface area (Å²) in [7, 11) is -0.485. The fourth-order valence-electron chi connectivity index (χ4n) is 3.68. The molecule has 0 bridgehead atoms. The van der Waals surface area contributed by atoms with E-state index in [9.17, 15) is 23.3 Å². The number of carbonyl (C=O) groups is 1. The summed E-state index contributed by atoms with van der Waals surface area (Å²) in [6, 6.07) is 12.3. The molecule has 1 amide bonds. The highest BCUT2D eigenvalue weighted by atomic mass is 79.9.